The number of nitrogens with one attached hydrogen (secondary N) is 1. The second-order valence-corrected chi connectivity index (χ2v) is 6.87. The van der Waals surface area contributed by atoms with E-state index < -0.39 is 23.7 Å². The van der Waals surface area contributed by atoms with Crippen molar-refractivity contribution < 1.29 is 23.8 Å². The van der Waals surface area contributed by atoms with Gasteiger partial charge in [-0.05, 0) is 51.3 Å². The molecular weight excluding hydrogens is 310 g/mol. The molecule has 24 heavy (non-hydrogen) atoms. The van der Waals surface area contributed by atoms with E-state index in [9.17, 15) is 9.59 Å². The van der Waals surface area contributed by atoms with Crippen LogP contribution < -0.4 is 10.1 Å². The third kappa shape index (κ3) is 6.10. The number of ether oxygens (including phenoxy) is 3. The summed E-state index contributed by atoms with van der Waals surface area (Å²) in [5.74, 6) is 0.379. The SMILES string of the molecule is COC(=O)C[C@@H](NC(=O)OC(C)(C)C)c1ccc(OC2CC2)cc1. The van der Waals surface area contributed by atoms with Crippen molar-refractivity contribution in [2.24, 2.45) is 0 Å². The Morgan fingerprint density at radius 1 is 1.21 bits per heavy atom. The molecular formula is C18H25NO5. The monoisotopic (exact) mass is 335 g/mol. The standard InChI is InChI=1S/C18H25NO5/c1-18(2,3)24-17(21)19-15(11-16(20)22-4)12-5-7-13(8-6-12)23-14-9-10-14/h5-8,14-15H,9-11H2,1-4H3,(H,19,21)/t15-/m1/s1. The molecule has 0 aromatic heterocycles. The summed E-state index contributed by atoms with van der Waals surface area (Å²) < 4.78 is 15.7. The normalized spacial score (nSPS) is 15.3. The minimum Gasteiger partial charge on any atom is -0.490 e. The van der Waals surface area contributed by atoms with Gasteiger partial charge in [-0.3, -0.25) is 4.79 Å². The number of carbonyl (C=O) groups is 2. The third-order valence-corrected chi connectivity index (χ3v) is 3.40. The molecule has 1 N–H and O–H groups in total. The lowest BCUT2D eigenvalue weighted by Crippen LogP contribution is -2.35. The quantitative estimate of drug-likeness (QED) is 0.807. The molecule has 0 radical (unpaired) electrons. The molecule has 1 atom stereocenters. The Labute approximate surface area is 142 Å². The Morgan fingerprint density at radius 2 is 1.83 bits per heavy atom. The molecule has 0 aliphatic heterocycles. The predicted octanol–water partition coefficient (Wildman–Crippen LogP) is 3.36. The van der Waals surface area contributed by atoms with Gasteiger partial charge in [-0.1, -0.05) is 12.1 Å². The number of methoxy groups -OCH3 is 1. The molecule has 2 rings (SSSR count). The minimum atomic E-state index is -0.609. The number of hydrogen-bond donors (Lipinski definition) is 1. The van der Waals surface area contributed by atoms with E-state index in [1.807, 2.05) is 24.3 Å². The number of hydrogen-bond acceptors (Lipinski definition) is 5. The molecule has 0 saturated heterocycles. The van der Waals surface area contributed by atoms with E-state index in [1.165, 1.54) is 7.11 Å². The van der Waals surface area contributed by atoms with Gasteiger partial charge in [0, 0.05) is 0 Å². The zero-order valence-corrected chi connectivity index (χ0v) is 14.6. The summed E-state index contributed by atoms with van der Waals surface area (Å²) in [6, 6.07) is 6.83. The highest BCUT2D eigenvalue weighted by Gasteiger charge is 2.25. The van der Waals surface area contributed by atoms with E-state index in [0.29, 0.717) is 6.10 Å². The summed E-state index contributed by atoms with van der Waals surface area (Å²) in [6.45, 7) is 5.35. The molecule has 132 valence electrons. The van der Waals surface area contributed by atoms with Crippen LogP contribution in [0.15, 0.2) is 24.3 Å². The van der Waals surface area contributed by atoms with E-state index >= 15 is 0 Å². The maximum Gasteiger partial charge on any atom is 0.408 e. The number of alkyl carbamates (subject to hydrolysis) is 1. The molecule has 6 nitrogen and oxygen atoms in total. The molecule has 1 aliphatic carbocycles. The van der Waals surface area contributed by atoms with Crippen LogP contribution in [-0.2, 0) is 14.3 Å². The maximum absolute atomic E-state index is 12.0. The molecule has 0 bridgehead atoms. The summed E-state index contributed by atoms with van der Waals surface area (Å²) >= 11 is 0. The highest BCUT2D eigenvalue weighted by atomic mass is 16.6. The van der Waals surface area contributed by atoms with Crippen LogP contribution in [0.1, 0.15) is 51.6 Å². The zero-order valence-electron chi connectivity index (χ0n) is 14.6. The predicted molar refractivity (Wildman–Crippen MR) is 88.8 cm³/mol. The van der Waals surface area contributed by atoms with E-state index in [4.69, 9.17) is 14.2 Å². The molecule has 6 heteroatoms. The summed E-state index contributed by atoms with van der Waals surface area (Å²) in [7, 11) is 1.32. The molecule has 0 spiro atoms. The molecule has 1 aromatic rings. The number of carbonyl (C=O) groups excluding carboxylic acids is 2. The lowest BCUT2D eigenvalue weighted by Gasteiger charge is -2.23. The van der Waals surface area contributed by atoms with E-state index in [-0.39, 0.29) is 6.42 Å². The molecule has 1 fully saturated rings. The van der Waals surface area contributed by atoms with Gasteiger partial charge in [-0.25, -0.2) is 4.79 Å². The van der Waals surface area contributed by atoms with Gasteiger partial charge in [-0.15, -0.1) is 0 Å². The van der Waals surface area contributed by atoms with Crippen molar-refractivity contribution in [3.05, 3.63) is 29.8 Å². The molecule has 0 heterocycles. The Balaban J connectivity index is 2.06. The highest BCUT2D eigenvalue weighted by molar-refractivity contribution is 5.73. The topological polar surface area (TPSA) is 73.9 Å². The lowest BCUT2D eigenvalue weighted by atomic mass is 10.0. The first kappa shape index (κ1) is 18.1. The first-order valence-corrected chi connectivity index (χ1v) is 8.10. The Hall–Kier alpha value is -2.24. The van der Waals surface area contributed by atoms with Gasteiger partial charge < -0.3 is 19.5 Å². The first-order valence-electron chi connectivity index (χ1n) is 8.10. The van der Waals surface area contributed by atoms with Crippen molar-refractivity contribution in [3.63, 3.8) is 0 Å². The van der Waals surface area contributed by atoms with Gasteiger partial charge in [0.2, 0.25) is 0 Å². The molecule has 1 amide bonds. The van der Waals surface area contributed by atoms with Crippen LogP contribution in [0.4, 0.5) is 4.79 Å². The van der Waals surface area contributed by atoms with Crippen LogP contribution >= 0.6 is 0 Å². The molecule has 0 unspecified atom stereocenters. The minimum absolute atomic E-state index is 0.0264. The first-order chi connectivity index (χ1) is 11.3. The van der Waals surface area contributed by atoms with Crippen LogP contribution in [0.25, 0.3) is 0 Å². The fraction of sp³-hybridized carbons (Fsp3) is 0.556. The van der Waals surface area contributed by atoms with Crippen molar-refractivity contribution in [1.29, 1.82) is 0 Å². The van der Waals surface area contributed by atoms with Crippen molar-refractivity contribution in [1.82, 2.24) is 5.32 Å². The van der Waals surface area contributed by atoms with Gasteiger partial charge in [-0.2, -0.15) is 0 Å². The van der Waals surface area contributed by atoms with Crippen LogP contribution in [0.5, 0.6) is 5.75 Å². The molecule has 1 aromatic carbocycles. The second-order valence-electron chi connectivity index (χ2n) is 6.87. The van der Waals surface area contributed by atoms with Crippen molar-refractivity contribution in [2.45, 2.75) is 57.8 Å². The fourth-order valence-electron chi connectivity index (χ4n) is 2.11. The zero-order chi connectivity index (χ0) is 17.7. The largest absolute Gasteiger partial charge is 0.490 e. The van der Waals surface area contributed by atoms with Crippen LogP contribution in [0.2, 0.25) is 0 Å². The van der Waals surface area contributed by atoms with E-state index in [2.05, 4.69) is 5.32 Å². The Morgan fingerprint density at radius 3 is 2.33 bits per heavy atom. The van der Waals surface area contributed by atoms with E-state index in [1.54, 1.807) is 20.8 Å². The lowest BCUT2D eigenvalue weighted by molar-refractivity contribution is -0.141. The number of esters is 1. The smallest absolute Gasteiger partial charge is 0.408 e. The number of benzene rings is 1. The molecule has 1 aliphatic rings. The summed E-state index contributed by atoms with van der Waals surface area (Å²) in [4.78, 5) is 23.7. The number of rotatable bonds is 6. The van der Waals surface area contributed by atoms with Crippen molar-refractivity contribution in [3.8, 4) is 5.75 Å². The fourth-order valence-corrected chi connectivity index (χ4v) is 2.11. The average Bonchev–Trinajstić information content (AvgIpc) is 3.29. The maximum atomic E-state index is 12.0. The Kier molecular flexibility index (Phi) is 5.70. The van der Waals surface area contributed by atoms with Crippen LogP contribution in [-0.4, -0.2) is 30.9 Å². The van der Waals surface area contributed by atoms with E-state index in [0.717, 1.165) is 24.2 Å². The van der Waals surface area contributed by atoms with Crippen LogP contribution in [0.3, 0.4) is 0 Å². The second kappa shape index (κ2) is 7.55. The van der Waals surface area contributed by atoms with Gasteiger partial charge in [0.25, 0.3) is 0 Å². The van der Waals surface area contributed by atoms with Crippen molar-refractivity contribution in [2.75, 3.05) is 7.11 Å². The van der Waals surface area contributed by atoms with Crippen molar-refractivity contribution >= 4 is 12.1 Å². The van der Waals surface area contributed by atoms with Crippen LogP contribution in [0, 0.1) is 0 Å². The average molecular weight is 335 g/mol. The van der Waals surface area contributed by atoms with Gasteiger partial charge in [0.15, 0.2) is 0 Å². The summed E-state index contributed by atoms with van der Waals surface area (Å²) in [6.07, 6.45) is 1.95. The third-order valence-electron chi connectivity index (χ3n) is 3.40. The molecule has 1 saturated carbocycles. The summed E-state index contributed by atoms with van der Waals surface area (Å²) in [5, 5.41) is 2.72. The van der Waals surface area contributed by atoms with Gasteiger partial charge in [0.05, 0.1) is 25.7 Å². The Bertz CT molecular complexity index is 572. The highest BCUT2D eigenvalue weighted by Crippen LogP contribution is 2.28. The summed E-state index contributed by atoms with van der Waals surface area (Å²) in [5.41, 5.74) is 0.177. The van der Waals surface area contributed by atoms with Gasteiger partial charge >= 0.3 is 12.1 Å². The number of amides is 1. The van der Waals surface area contributed by atoms with Gasteiger partial charge in [0.1, 0.15) is 11.4 Å².